The fourth-order valence-corrected chi connectivity index (χ4v) is 5.36. The van der Waals surface area contributed by atoms with Crippen molar-refractivity contribution in [2.75, 3.05) is 23.3 Å². The summed E-state index contributed by atoms with van der Waals surface area (Å²) in [6.45, 7) is 1.91. The summed E-state index contributed by atoms with van der Waals surface area (Å²) in [6.07, 6.45) is 10.6. The summed E-state index contributed by atoms with van der Waals surface area (Å²) in [5, 5.41) is 4.19. The molecule has 6 nitrogen and oxygen atoms in total. The number of hydrogen-bond donors (Lipinski definition) is 2. The number of anilines is 2. The van der Waals surface area contributed by atoms with Gasteiger partial charge in [-0.05, 0) is 85.9 Å². The van der Waals surface area contributed by atoms with Gasteiger partial charge in [-0.15, -0.1) is 0 Å². The van der Waals surface area contributed by atoms with E-state index < -0.39 is 0 Å². The maximum Gasteiger partial charge on any atom is 0.228 e. The zero-order valence-electron chi connectivity index (χ0n) is 19.0. The largest absolute Gasteiger partial charge is 0.369 e. The molecule has 0 bridgehead atoms. The maximum atomic E-state index is 12.2. The van der Waals surface area contributed by atoms with Crippen LogP contribution in [0.15, 0.2) is 36.5 Å². The van der Waals surface area contributed by atoms with Crippen molar-refractivity contribution in [1.82, 2.24) is 9.97 Å². The molecule has 6 heteroatoms. The molecule has 1 saturated heterocycles. The highest BCUT2D eigenvalue weighted by Crippen LogP contribution is 2.39. The van der Waals surface area contributed by atoms with E-state index in [1.54, 1.807) is 6.20 Å². The highest BCUT2D eigenvalue weighted by atomic mass is 16.2. The standard InChI is InChI=1S/C27H31N5O/c28-20-11-13-32(16-20)26-21-4-2-1-3-5-23(21)30-24-9-8-18(14-22(24)26)19-10-12-29-25(15-19)31-27(33)17-6-7-17/h8-10,12,14-15,17,20H,1-7,11,13,16,28H2,(H,29,31,33)/t20-/m1/s1. The van der Waals surface area contributed by atoms with Gasteiger partial charge in [-0.3, -0.25) is 9.78 Å². The van der Waals surface area contributed by atoms with Crippen molar-refractivity contribution in [3.63, 3.8) is 0 Å². The monoisotopic (exact) mass is 441 g/mol. The molecular formula is C27H31N5O. The van der Waals surface area contributed by atoms with Gasteiger partial charge in [0.2, 0.25) is 5.91 Å². The highest BCUT2D eigenvalue weighted by Gasteiger charge is 2.30. The number of nitrogens with one attached hydrogen (secondary N) is 1. The third kappa shape index (κ3) is 4.08. The van der Waals surface area contributed by atoms with Crippen LogP contribution < -0.4 is 16.0 Å². The van der Waals surface area contributed by atoms with Gasteiger partial charge < -0.3 is 16.0 Å². The number of carbonyl (C=O) groups excluding carboxylic acids is 1. The maximum absolute atomic E-state index is 12.2. The SMILES string of the molecule is N[C@@H]1CCN(c2c3c(nc4ccc(-c5ccnc(NC(=O)C6CC6)c5)cc24)CCCCC3)C1. The van der Waals surface area contributed by atoms with E-state index in [1.807, 2.05) is 12.1 Å². The Morgan fingerprint density at radius 3 is 2.70 bits per heavy atom. The van der Waals surface area contributed by atoms with Crippen molar-refractivity contribution >= 4 is 28.3 Å². The quantitative estimate of drug-likeness (QED) is 0.585. The summed E-state index contributed by atoms with van der Waals surface area (Å²) in [5.74, 6) is 0.861. The second-order valence-electron chi connectivity index (χ2n) is 9.87. The number of nitrogens with two attached hydrogens (primary N) is 1. The number of fused-ring (bicyclic) bond motifs is 2. The first-order valence-electron chi connectivity index (χ1n) is 12.4. The molecule has 1 aromatic carbocycles. The summed E-state index contributed by atoms with van der Waals surface area (Å²) in [5.41, 5.74) is 13.6. The summed E-state index contributed by atoms with van der Waals surface area (Å²) in [4.78, 5) is 24.2. The zero-order chi connectivity index (χ0) is 22.4. The Morgan fingerprint density at radius 1 is 1.03 bits per heavy atom. The summed E-state index contributed by atoms with van der Waals surface area (Å²) in [6, 6.07) is 10.8. The topological polar surface area (TPSA) is 84.1 Å². The normalized spacial score (nSPS) is 20.5. The van der Waals surface area contributed by atoms with Crippen LogP contribution in [0, 0.1) is 5.92 Å². The lowest BCUT2D eigenvalue weighted by Gasteiger charge is -2.25. The Kier molecular flexibility index (Phi) is 5.25. The number of benzene rings is 1. The van der Waals surface area contributed by atoms with Gasteiger partial charge in [0, 0.05) is 42.3 Å². The molecule has 170 valence electrons. The van der Waals surface area contributed by atoms with Gasteiger partial charge in [-0.2, -0.15) is 0 Å². The third-order valence-corrected chi connectivity index (χ3v) is 7.32. The molecule has 2 aromatic heterocycles. The fraction of sp³-hybridized carbons (Fsp3) is 0.444. The van der Waals surface area contributed by atoms with Crippen molar-refractivity contribution in [2.24, 2.45) is 11.7 Å². The van der Waals surface area contributed by atoms with Gasteiger partial charge in [0.05, 0.1) is 11.2 Å². The second-order valence-corrected chi connectivity index (χ2v) is 9.87. The van der Waals surface area contributed by atoms with Crippen LogP contribution in [0.25, 0.3) is 22.0 Å². The van der Waals surface area contributed by atoms with Crippen molar-refractivity contribution in [1.29, 1.82) is 0 Å². The average molecular weight is 442 g/mol. The number of amides is 1. The van der Waals surface area contributed by atoms with E-state index in [4.69, 9.17) is 10.7 Å². The van der Waals surface area contributed by atoms with Gasteiger partial charge in [0.25, 0.3) is 0 Å². The molecule has 3 heterocycles. The van der Waals surface area contributed by atoms with E-state index in [-0.39, 0.29) is 17.9 Å². The first kappa shape index (κ1) is 20.6. The number of rotatable bonds is 4. The molecule has 6 rings (SSSR count). The van der Waals surface area contributed by atoms with Crippen LogP contribution in [0.5, 0.6) is 0 Å². The molecule has 2 aliphatic carbocycles. The van der Waals surface area contributed by atoms with Crippen LogP contribution in [-0.4, -0.2) is 35.0 Å². The van der Waals surface area contributed by atoms with Gasteiger partial charge in [-0.25, -0.2) is 4.98 Å². The minimum Gasteiger partial charge on any atom is -0.369 e. The number of aryl methyl sites for hydroxylation is 1. The Hall–Kier alpha value is -2.99. The average Bonchev–Trinajstić information content (AvgIpc) is 3.62. The first-order chi connectivity index (χ1) is 16.2. The molecule has 3 aliphatic rings. The van der Waals surface area contributed by atoms with Crippen molar-refractivity contribution in [3.05, 3.63) is 47.8 Å². The lowest BCUT2D eigenvalue weighted by Crippen LogP contribution is -2.27. The van der Waals surface area contributed by atoms with E-state index in [1.165, 1.54) is 41.6 Å². The van der Waals surface area contributed by atoms with Crippen LogP contribution in [0.3, 0.4) is 0 Å². The van der Waals surface area contributed by atoms with E-state index in [0.29, 0.717) is 5.82 Å². The van der Waals surface area contributed by atoms with Crippen molar-refractivity contribution < 1.29 is 4.79 Å². The molecule has 3 N–H and O–H groups in total. The van der Waals surface area contributed by atoms with Crippen LogP contribution in [-0.2, 0) is 17.6 Å². The molecule has 0 unspecified atom stereocenters. The van der Waals surface area contributed by atoms with Crippen LogP contribution >= 0.6 is 0 Å². The molecule has 1 atom stereocenters. The van der Waals surface area contributed by atoms with Crippen LogP contribution in [0.4, 0.5) is 11.5 Å². The molecule has 0 spiro atoms. The minimum absolute atomic E-state index is 0.0812. The predicted molar refractivity (Wildman–Crippen MR) is 132 cm³/mol. The smallest absolute Gasteiger partial charge is 0.228 e. The van der Waals surface area contributed by atoms with Gasteiger partial charge in [-0.1, -0.05) is 12.5 Å². The molecule has 1 aliphatic heterocycles. The number of aromatic nitrogens is 2. The van der Waals surface area contributed by atoms with E-state index >= 15 is 0 Å². The van der Waals surface area contributed by atoms with E-state index in [9.17, 15) is 4.79 Å². The molecule has 1 saturated carbocycles. The van der Waals surface area contributed by atoms with E-state index in [2.05, 4.69) is 33.4 Å². The highest BCUT2D eigenvalue weighted by molar-refractivity contribution is 5.98. The van der Waals surface area contributed by atoms with Gasteiger partial charge in [0.15, 0.2) is 0 Å². The molecule has 33 heavy (non-hydrogen) atoms. The Bertz CT molecular complexity index is 1220. The Balaban J connectivity index is 1.44. The minimum atomic E-state index is 0.0812. The Labute approximate surface area is 194 Å². The lowest BCUT2D eigenvalue weighted by atomic mass is 9.97. The van der Waals surface area contributed by atoms with E-state index in [0.717, 1.165) is 61.8 Å². The van der Waals surface area contributed by atoms with Gasteiger partial charge in [0.1, 0.15) is 5.82 Å². The molecule has 2 fully saturated rings. The molecule has 3 aromatic rings. The second kappa shape index (κ2) is 8.41. The predicted octanol–water partition coefficient (Wildman–Crippen LogP) is 4.45. The molecule has 0 radical (unpaired) electrons. The lowest BCUT2D eigenvalue weighted by molar-refractivity contribution is -0.117. The summed E-state index contributed by atoms with van der Waals surface area (Å²) >= 11 is 0. The zero-order valence-corrected chi connectivity index (χ0v) is 19.0. The number of carbonyl (C=O) groups is 1. The fourth-order valence-electron chi connectivity index (χ4n) is 5.36. The number of nitrogens with zero attached hydrogens (tertiary/aromatic N) is 3. The third-order valence-electron chi connectivity index (χ3n) is 7.32. The van der Waals surface area contributed by atoms with Crippen molar-refractivity contribution in [3.8, 4) is 11.1 Å². The number of hydrogen-bond acceptors (Lipinski definition) is 5. The molecule has 1 amide bonds. The van der Waals surface area contributed by atoms with Crippen LogP contribution in [0.2, 0.25) is 0 Å². The molecular weight excluding hydrogens is 410 g/mol. The van der Waals surface area contributed by atoms with Crippen LogP contribution in [0.1, 0.15) is 49.8 Å². The summed E-state index contributed by atoms with van der Waals surface area (Å²) in [7, 11) is 0. The number of pyridine rings is 2. The van der Waals surface area contributed by atoms with Crippen molar-refractivity contribution in [2.45, 2.75) is 57.4 Å². The van der Waals surface area contributed by atoms with Gasteiger partial charge >= 0.3 is 0 Å². The first-order valence-corrected chi connectivity index (χ1v) is 12.4. The Morgan fingerprint density at radius 2 is 1.88 bits per heavy atom. The summed E-state index contributed by atoms with van der Waals surface area (Å²) < 4.78 is 0.